The molecule has 0 unspecified atom stereocenters. The number of rotatable bonds is 9. The fraction of sp³-hybridized carbons (Fsp3) is 0.391. The van der Waals surface area contributed by atoms with E-state index in [1.807, 2.05) is 57.2 Å². The van der Waals surface area contributed by atoms with Gasteiger partial charge in [0.1, 0.15) is 12.2 Å². The van der Waals surface area contributed by atoms with E-state index in [1.54, 1.807) is 30.3 Å². The summed E-state index contributed by atoms with van der Waals surface area (Å²) in [5.74, 6) is -0.667. The second-order valence-electron chi connectivity index (χ2n) is 7.72. The molecule has 2 aromatic rings. The van der Waals surface area contributed by atoms with Gasteiger partial charge in [-0.25, -0.2) is 13.1 Å². The van der Waals surface area contributed by atoms with E-state index in [-0.39, 0.29) is 23.6 Å². The first-order valence-corrected chi connectivity index (χ1v) is 11.4. The summed E-state index contributed by atoms with van der Waals surface area (Å²) in [6.07, 6.45) is 2.94. The second kappa shape index (κ2) is 9.85. The predicted octanol–water partition coefficient (Wildman–Crippen LogP) is 3.57. The molecule has 6 nitrogen and oxygen atoms in total. The van der Waals surface area contributed by atoms with E-state index in [4.69, 9.17) is 14.2 Å². The van der Waals surface area contributed by atoms with E-state index in [1.165, 1.54) is 0 Å². The topological polar surface area (TPSA) is 73.9 Å². The summed E-state index contributed by atoms with van der Waals surface area (Å²) < 4.78 is 45.1. The summed E-state index contributed by atoms with van der Waals surface area (Å²) >= 11 is 0. The van der Waals surface area contributed by atoms with Gasteiger partial charge in [-0.1, -0.05) is 60.2 Å². The van der Waals surface area contributed by atoms with E-state index in [9.17, 15) is 8.42 Å². The largest absolute Gasteiger partial charge is 0.367 e. The van der Waals surface area contributed by atoms with Crippen LogP contribution in [0.4, 0.5) is 0 Å². The molecule has 1 fully saturated rings. The molecule has 0 aromatic heterocycles. The van der Waals surface area contributed by atoms with Gasteiger partial charge in [0.05, 0.1) is 18.1 Å². The van der Waals surface area contributed by atoms with Crippen molar-refractivity contribution in [3.63, 3.8) is 0 Å². The van der Waals surface area contributed by atoms with Crippen LogP contribution < -0.4 is 4.72 Å². The second-order valence-corrected chi connectivity index (χ2v) is 9.49. The van der Waals surface area contributed by atoms with Gasteiger partial charge in [-0.05, 0) is 38.5 Å². The van der Waals surface area contributed by atoms with Crippen molar-refractivity contribution in [2.24, 2.45) is 0 Å². The number of hydrogen-bond acceptors (Lipinski definition) is 5. The standard InChI is InChI=1S/C23H29NO5S/c1-18-11-13-20(14-12-18)30(25,26)24-15-7-10-21(22-17-28-23(2,3)29-22)27-16-19-8-5-4-6-9-19/h4-14,21-22,24H,15-17H2,1-3H3/b10-7+/t21-,22-/m1/s1. The van der Waals surface area contributed by atoms with Crippen molar-refractivity contribution >= 4 is 10.0 Å². The summed E-state index contributed by atoms with van der Waals surface area (Å²) in [7, 11) is -3.57. The van der Waals surface area contributed by atoms with Crippen LogP contribution in [0.2, 0.25) is 0 Å². The number of aryl methyl sites for hydroxylation is 1. The molecule has 3 rings (SSSR count). The third-order valence-corrected chi connectivity index (χ3v) is 6.17. The van der Waals surface area contributed by atoms with Crippen molar-refractivity contribution in [2.45, 2.75) is 50.3 Å². The van der Waals surface area contributed by atoms with Crippen LogP contribution in [0.5, 0.6) is 0 Å². The lowest BCUT2D eigenvalue weighted by molar-refractivity contribution is -0.152. The highest BCUT2D eigenvalue weighted by molar-refractivity contribution is 7.89. The minimum absolute atomic E-state index is 0.151. The number of ether oxygens (including phenoxy) is 3. The first kappa shape index (κ1) is 22.7. The van der Waals surface area contributed by atoms with Crippen LogP contribution in [-0.2, 0) is 30.8 Å². The molecule has 7 heteroatoms. The van der Waals surface area contributed by atoms with Crippen LogP contribution in [0.15, 0.2) is 71.6 Å². The highest BCUT2D eigenvalue weighted by Crippen LogP contribution is 2.26. The van der Waals surface area contributed by atoms with E-state index >= 15 is 0 Å². The number of nitrogens with one attached hydrogen (secondary N) is 1. The maximum atomic E-state index is 12.4. The highest BCUT2D eigenvalue weighted by atomic mass is 32.2. The monoisotopic (exact) mass is 431 g/mol. The Labute approximate surface area is 178 Å². The summed E-state index contributed by atoms with van der Waals surface area (Å²) in [6.45, 7) is 6.62. The van der Waals surface area contributed by atoms with Crippen molar-refractivity contribution in [3.05, 3.63) is 77.9 Å². The molecular weight excluding hydrogens is 402 g/mol. The Balaban J connectivity index is 1.61. The van der Waals surface area contributed by atoms with Crippen LogP contribution >= 0.6 is 0 Å². The molecule has 2 atom stereocenters. The molecule has 1 N–H and O–H groups in total. The lowest BCUT2D eigenvalue weighted by Gasteiger charge is -2.22. The molecule has 0 saturated carbocycles. The van der Waals surface area contributed by atoms with E-state index in [2.05, 4.69) is 4.72 Å². The molecule has 0 amide bonds. The van der Waals surface area contributed by atoms with Crippen LogP contribution in [0.25, 0.3) is 0 Å². The Morgan fingerprint density at radius 1 is 1.17 bits per heavy atom. The Morgan fingerprint density at radius 3 is 2.50 bits per heavy atom. The first-order valence-electron chi connectivity index (χ1n) is 9.95. The van der Waals surface area contributed by atoms with Gasteiger partial charge in [-0.2, -0.15) is 0 Å². The van der Waals surface area contributed by atoms with Gasteiger partial charge < -0.3 is 14.2 Å². The molecule has 2 aromatic carbocycles. The molecule has 0 radical (unpaired) electrons. The van der Waals surface area contributed by atoms with E-state index < -0.39 is 15.8 Å². The van der Waals surface area contributed by atoms with Gasteiger partial charge in [-0.3, -0.25) is 0 Å². The normalized spacial score (nSPS) is 19.9. The molecule has 30 heavy (non-hydrogen) atoms. The van der Waals surface area contributed by atoms with Crippen LogP contribution in [0.1, 0.15) is 25.0 Å². The summed E-state index contributed by atoms with van der Waals surface area (Å²) in [5, 5.41) is 0. The Kier molecular flexibility index (Phi) is 7.44. The average Bonchev–Trinajstić information content (AvgIpc) is 3.08. The van der Waals surface area contributed by atoms with Crippen molar-refractivity contribution in [1.29, 1.82) is 0 Å². The zero-order chi connectivity index (χ0) is 21.6. The maximum absolute atomic E-state index is 12.4. The quantitative estimate of drug-likeness (QED) is 0.615. The molecule has 1 aliphatic heterocycles. The van der Waals surface area contributed by atoms with Crippen LogP contribution in [0, 0.1) is 6.92 Å². The van der Waals surface area contributed by atoms with Gasteiger partial charge >= 0.3 is 0 Å². The van der Waals surface area contributed by atoms with E-state index in [0.717, 1.165) is 11.1 Å². The lowest BCUT2D eigenvalue weighted by atomic mass is 10.2. The molecule has 0 aliphatic carbocycles. The van der Waals surface area contributed by atoms with Crippen molar-refractivity contribution in [2.75, 3.05) is 13.2 Å². The third-order valence-electron chi connectivity index (χ3n) is 4.73. The summed E-state index contributed by atoms with van der Waals surface area (Å²) in [6, 6.07) is 16.6. The SMILES string of the molecule is Cc1ccc(S(=O)(=O)NC/C=C/[C@@H](OCc2ccccc2)[C@H]2COC(C)(C)O2)cc1. The average molecular weight is 432 g/mol. The fourth-order valence-electron chi connectivity index (χ4n) is 3.09. The third kappa shape index (κ3) is 6.48. The zero-order valence-electron chi connectivity index (χ0n) is 17.6. The van der Waals surface area contributed by atoms with Crippen molar-refractivity contribution in [3.8, 4) is 0 Å². The number of sulfonamides is 1. The number of hydrogen-bond donors (Lipinski definition) is 1. The molecule has 0 spiro atoms. The van der Waals surface area contributed by atoms with Gasteiger partial charge in [0.15, 0.2) is 5.79 Å². The van der Waals surface area contributed by atoms with Crippen LogP contribution in [0.3, 0.4) is 0 Å². The first-order chi connectivity index (χ1) is 14.3. The van der Waals surface area contributed by atoms with Crippen molar-refractivity contribution in [1.82, 2.24) is 4.72 Å². The summed E-state index contributed by atoms with van der Waals surface area (Å²) in [4.78, 5) is 0.243. The minimum atomic E-state index is -3.57. The number of benzene rings is 2. The molecule has 1 heterocycles. The van der Waals surface area contributed by atoms with Gasteiger partial charge in [0.25, 0.3) is 0 Å². The Bertz CT molecular complexity index is 939. The Hall–Kier alpha value is -2.03. The predicted molar refractivity (Wildman–Crippen MR) is 115 cm³/mol. The zero-order valence-corrected chi connectivity index (χ0v) is 18.4. The molecule has 0 bridgehead atoms. The lowest BCUT2D eigenvalue weighted by Crippen LogP contribution is -2.32. The van der Waals surface area contributed by atoms with Gasteiger partial charge in [0.2, 0.25) is 10.0 Å². The van der Waals surface area contributed by atoms with E-state index in [0.29, 0.717) is 13.2 Å². The molecular formula is C23H29NO5S. The maximum Gasteiger partial charge on any atom is 0.240 e. The fourth-order valence-corrected chi connectivity index (χ4v) is 4.07. The molecule has 1 aliphatic rings. The molecule has 162 valence electrons. The Morgan fingerprint density at radius 2 is 1.87 bits per heavy atom. The molecule has 1 saturated heterocycles. The van der Waals surface area contributed by atoms with Gasteiger partial charge in [-0.15, -0.1) is 0 Å². The smallest absolute Gasteiger partial charge is 0.240 e. The minimum Gasteiger partial charge on any atom is -0.367 e. The van der Waals surface area contributed by atoms with Crippen LogP contribution in [-0.4, -0.2) is 39.6 Å². The van der Waals surface area contributed by atoms with Gasteiger partial charge in [0, 0.05) is 6.54 Å². The summed E-state index contributed by atoms with van der Waals surface area (Å²) in [5.41, 5.74) is 2.06. The highest BCUT2D eigenvalue weighted by Gasteiger charge is 2.37. The van der Waals surface area contributed by atoms with Crippen molar-refractivity contribution < 1.29 is 22.6 Å².